The maximum atomic E-state index is 9.53. The van der Waals surface area contributed by atoms with Crippen molar-refractivity contribution in [3.05, 3.63) is 16.1 Å². The molecular formula is C7H11Cl2NOS. The molecule has 0 amide bonds. The molecule has 2 N–H and O–H groups in total. The predicted molar refractivity (Wildman–Crippen MR) is 45.7 cm³/mol. The van der Waals surface area contributed by atoms with E-state index >= 15 is 0 Å². The van der Waals surface area contributed by atoms with Gasteiger partial charge in [0.1, 0.15) is 5.88 Å². The highest BCUT2D eigenvalue weighted by Crippen LogP contribution is 2.20. The number of nitrogens with one attached hydrogen (secondary N) is 1. The molecule has 0 aliphatic heterocycles. The van der Waals surface area contributed by atoms with Crippen molar-refractivity contribution in [1.29, 1.82) is 0 Å². The number of hydrogen-bond acceptors (Lipinski definition) is 2. The lowest BCUT2D eigenvalue weighted by Gasteiger charge is -2.07. The summed E-state index contributed by atoms with van der Waals surface area (Å²) >= 11 is 7.08. The lowest BCUT2D eigenvalue weighted by molar-refractivity contribution is -0.407. The van der Waals surface area contributed by atoms with Crippen molar-refractivity contribution in [3.8, 4) is 0 Å². The molecule has 0 aliphatic rings. The van der Waals surface area contributed by atoms with Crippen LogP contribution in [-0.4, -0.2) is 5.11 Å². The quantitative estimate of drug-likeness (QED) is 0.616. The first-order valence-corrected chi connectivity index (χ1v) is 4.74. The minimum atomic E-state index is -0.783. The smallest absolute Gasteiger partial charge is 0.267 e. The molecule has 1 aromatic heterocycles. The van der Waals surface area contributed by atoms with Gasteiger partial charge in [0.15, 0.2) is 5.60 Å². The lowest BCUT2D eigenvalue weighted by atomic mass is 10.2. The van der Waals surface area contributed by atoms with Crippen molar-refractivity contribution in [1.82, 2.24) is 0 Å². The number of hydrogen-bond donors (Lipinski definition) is 1. The van der Waals surface area contributed by atoms with Crippen molar-refractivity contribution in [2.45, 2.75) is 25.3 Å². The van der Waals surface area contributed by atoms with E-state index in [1.54, 1.807) is 13.8 Å². The Labute approximate surface area is 87.0 Å². The van der Waals surface area contributed by atoms with Gasteiger partial charge in [-0.3, -0.25) is 0 Å². The van der Waals surface area contributed by atoms with Gasteiger partial charge in [-0.25, -0.2) is 0 Å². The molecule has 0 radical (unpaired) electrons. The number of halogens is 2. The zero-order valence-electron chi connectivity index (χ0n) is 6.90. The number of aliphatic hydroxyl groups is 1. The summed E-state index contributed by atoms with van der Waals surface area (Å²) in [5, 5.41) is 12.3. The minimum Gasteiger partial charge on any atom is -1.00 e. The second kappa shape index (κ2) is 4.42. The molecule has 1 heterocycles. The normalized spacial score (nSPS) is 11.0. The standard InChI is InChI=1S/C7H10ClNOS.ClH/c1-7(2,10)6-9-5(3-8)4-11-6;/h4,10H,3H2,1-2H3;1H. The third-order valence-corrected chi connectivity index (χ3v) is 2.82. The van der Waals surface area contributed by atoms with E-state index in [4.69, 9.17) is 11.6 Å². The fourth-order valence-corrected chi connectivity index (χ4v) is 1.81. The van der Waals surface area contributed by atoms with E-state index in [0.29, 0.717) is 5.88 Å². The second-order valence-electron chi connectivity index (χ2n) is 2.91. The fourth-order valence-electron chi connectivity index (χ4n) is 0.697. The van der Waals surface area contributed by atoms with Crippen LogP contribution in [0.2, 0.25) is 0 Å². The molecule has 0 unspecified atom stereocenters. The van der Waals surface area contributed by atoms with Crippen molar-refractivity contribution in [3.63, 3.8) is 0 Å². The van der Waals surface area contributed by atoms with E-state index in [-0.39, 0.29) is 12.4 Å². The molecule has 0 bridgehead atoms. The van der Waals surface area contributed by atoms with E-state index in [0.717, 1.165) is 10.7 Å². The van der Waals surface area contributed by atoms with E-state index in [9.17, 15) is 5.11 Å². The summed E-state index contributed by atoms with van der Waals surface area (Å²) in [7, 11) is 0. The Morgan fingerprint density at radius 1 is 1.67 bits per heavy atom. The maximum absolute atomic E-state index is 9.53. The maximum Gasteiger partial charge on any atom is 0.267 e. The summed E-state index contributed by atoms with van der Waals surface area (Å²) in [6.45, 7) is 3.49. The van der Waals surface area contributed by atoms with Gasteiger partial charge in [0.05, 0.1) is 5.38 Å². The molecular weight excluding hydrogens is 217 g/mol. The van der Waals surface area contributed by atoms with Gasteiger partial charge in [-0.1, -0.05) is 11.3 Å². The third kappa shape index (κ3) is 2.90. The van der Waals surface area contributed by atoms with Gasteiger partial charge in [0.25, 0.3) is 5.01 Å². The average molecular weight is 228 g/mol. The van der Waals surface area contributed by atoms with Gasteiger partial charge in [0.2, 0.25) is 5.69 Å². The summed E-state index contributed by atoms with van der Waals surface area (Å²) in [5.41, 5.74) is 0.170. The van der Waals surface area contributed by atoms with Gasteiger partial charge in [-0.2, -0.15) is 4.98 Å². The molecule has 0 aromatic carbocycles. The Morgan fingerprint density at radius 3 is 2.50 bits per heavy atom. The Kier molecular flexibility index (Phi) is 4.48. The van der Waals surface area contributed by atoms with Crippen LogP contribution in [0, 0.1) is 0 Å². The fraction of sp³-hybridized carbons (Fsp3) is 0.571. The van der Waals surface area contributed by atoms with Crippen molar-refractivity contribution < 1.29 is 22.5 Å². The zero-order valence-corrected chi connectivity index (χ0v) is 9.22. The highest BCUT2D eigenvalue weighted by Gasteiger charge is 2.26. The van der Waals surface area contributed by atoms with Gasteiger partial charge >= 0.3 is 0 Å². The highest BCUT2D eigenvalue weighted by atomic mass is 35.5. The predicted octanol–water partition coefficient (Wildman–Crippen LogP) is -1.47. The van der Waals surface area contributed by atoms with Gasteiger partial charge in [-0.05, 0) is 13.8 Å². The van der Waals surface area contributed by atoms with Crippen LogP contribution in [0.5, 0.6) is 0 Å². The summed E-state index contributed by atoms with van der Waals surface area (Å²) in [6.07, 6.45) is 0. The van der Waals surface area contributed by atoms with Crippen LogP contribution in [0.1, 0.15) is 24.5 Å². The lowest BCUT2D eigenvalue weighted by Crippen LogP contribution is -3.00. The highest BCUT2D eigenvalue weighted by molar-refractivity contribution is 7.09. The number of aromatic nitrogens is 1. The summed E-state index contributed by atoms with van der Waals surface area (Å²) < 4.78 is 0. The number of thiazole rings is 1. The third-order valence-electron chi connectivity index (χ3n) is 1.29. The Morgan fingerprint density at radius 2 is 2.25 bits per heavy atom. The van der Waals surface area contributed by atoms with Gasteiger partial charge < -0.3 is 17.5 Å². The number of aromatic amines is 1. The molecule has 1 aromatic rings. The van der Waals surface area contributed by atoms with Crippen molar-refractivity contribution in [2.24, 2.45) is 0 Å². The van der Waals surface area contributed by atoms with Crippen molar-refractivity contribution in [2.75, 3.05) is 0 Å². The first-order chi connectivity index (χ1) is 5.04. The largest absolute Gasteiger partial charge is 1.00 e. The molecule has 70 valence electrons. The van der Waals surface area contributed by atoms with Crippen LogP contribution >= 0.6 is 22.9 Å². The summed E-state index contributed by atoms with van der Waals surface area (Å²) in [5.74, 6) is 0.465. The molecule has 0 saturated carbocycles. The van der Waals surface area contributed by atoms with E-state index in [1.807, 2.05) is 5.38 Å². The molecule has 0 fully saturated rings. The number of alkyl halides is 1. The number of rotatable bonds is 2. The molecule has 0 saturated heterocycles. The number of H-pyrrole nitrogens is 1. The van der Waals surface area contributed by atoms with Crippen LogP contribution in [0.25, 0.3) is 0 Å². The van der Waals surface area contributed by atoms with E-state index < -0.39 is 5.60 Å². The van der Waals surface area contributed by atoms with Gasteiger partial charge in [0, 0.05) is 0 Å². The minimum absolute atomic E-state index is 0. The molecule has 0 aliphatic carbocycles. The van der Waals surface area contributed by atoms with Crippen LogP contribution in [-0.2, 0) is 11.5 Å². The van der Waals surface area contributed by atoms with Crippen LogP contribution in [0.3, 0.4) is 0 Å². The van der Waals surface area contributed by atoms with Gasteiger partial charge in [-0.15, -0.1) is 11.6 Å². The topological polar surface area (TPSA) is 34.4 Å². The first-order valence-electron chi connectivity index (χ1n) is 3.32. The van der Waals surface area contributed by atoms with Crippen LogP contribution in [0.15, 0.2) is 5.38 Å². The van der Waals surface area contributed by atoms with E-state index in [2.05, 4.69) is 4.98 Å². The summed E-state index contributed by atoms with van der Waals surface area (Å²) in [4.78, 5) is 3.04. The molecule has 1 rings (SSSR count). The molecule has 0 atom stereocenters. The SMILES string of the molecule is CC(C)(O)c1[nH+]c(CCl)cs1.[Cl-]. The Balaban J connectivity index is 0.00000121. The van der Waals surface area contributed by atoms with Crippen LogP contribution < -0.4 is 17.4 Å². The molecule has 0 spiro atoms. The molecule has 2 nitrogen and oxygen atoms in total. The summed E-state index contributed by atoms with van der Waals surface area (Å²) in [6, 6.07) is 0. The Bertz CT molecular complexity index is 244. The second-order valence-corrected chi connectivity index (χ2v) is 4.05. The average Bonchev–Trinajstić information content (AvgIpc) is 2.32. The Hall–Kier alpha value is 0.170. The molecule has 12 heavy (non-hydrogen) atoms. The first kappa shape index (κ1) is 12.2. The zero-order chi connectivity index (χ0) is 8.48. The molecule has 5 heteroatoms. The monoisotopic (exact) mass is 227 g/mol. The van der Waals surface area contributed by atoms with Crippen molar-refractivity contribution >= 4 is 22.9 Å². The van der Waals surface area contributed by atoms with Crippen LogP contribution in [0.4, 0.5) is 0 Å². The van der Waals surface area contributed by atoms with E-state index in [1.165, 1.54) is 11.3 Å².